The van der Waals surface area contributed by atoms with Crippen LogP contribution in [0.2, 0.25) is 0 Å². The minimum absolute atomic E-state index is 0.00383. The minimum atomic E-state index is -0.105. The molecule has 4 N–H and O–H groups in total. The molecule has 1 saturated carbocycles. The van der Waals surface area contributed by atoms with E-state index in [0.717, 1.165) is 19.3 Å². The van der Waals surface area contributed by atoms with Gasteiger partial charge in [0.15, 0.2) is 5.84 Å². The Kier molecular flexibility index (Phi) is 4.04. The average molecular weight is 261 g/mol. The van der Waals surface area contributed by atoms with Crippen molar-refractivity contribution in [3.8, 4) is 0 Å². The molecular formula is C14H19N3O2. The lowest BCUT2D eigenvalue weighted by Gasteiger charge is -2.12. The van der Waals surface area contributed by atoms with Crippen LogP contribution in [0.3, 0.4) is 0 Å². The molecule has 0 saturated heterocycles. The van der Waals surface area contributed by atoms with Crippen molar-refractivity contribution in [2.45, 2.75) is 32.2 Å². The molecule has 0 radical (unpaired) electrons. The minimum Gasteiger partial charge on any atom is -0.409 e. The van der Waals surface area contributed by atoms with Crippen molar-refractivity contribution in [1.82, 2.24) is 5.32 Å². The normalized spacial score (nSPS) is 23.3. The van der Waals surface area contributed by atoms with Gasteiger partial charge in [-0.1, -0.05) is 24.2 Å². The molecule has 5 nitrogen and oxygen atoms in total. The van der Waals surface area contributed by atoms with Gasteiger partial charge in [-0.25, -0.2) is 0 Å². The van der Waals surface area contributed by atoms with Crippen LogP contribution in [0.5, 0.6) is 0 Å². The van der Waals surface area contributed by atoms with Gasteiger partial charge in [0.05, 0.1) is 0 Å². The zero-order valence-corrected chi connectivity index (χ0v) is 11.0. The number of amidine groups is 1. The Labute approximate surface area is 112 Å². The third-order valence-corrected chi connectivity index (χ3v) is 3.56. The van der Waals surface area contributed by atoms with Crippen LogP contribution in [0, 0.1) is 5.92 Å². The molecule has 0 aromatic heterocycles. The number of nitrogens with two attached hydrogens (primary N) is 1. The number of carbonyl (C=O) groups excluding carboxylic acids is 1. The van der Waals surface area contributed by atoms with Crippen LogP contribution in [-0.2, 0) is 0 Å². The van der Waals surface area contributed by atoms with Gasteiger partial charge >= 0.3 is 0 Å². The molecule has 0 bridgehead atoms. The SMILES string of the molecule is CC1CCC(NC(=O)c2cccc(/C(N)=N/O)c2)C1. The monoisotopic (exact) mass is 261 g/mol. The summed E-state index contributed by atoms with van der Waals surface area (Å²) in [5.41, 5.74) is 6.58. The average Bonchev–Trinajstić information content (AvgIpc) is 2.83. The van der Waals surface area contributed by atoms with E-state index in [4.69, 9.17) is 10.9 Å². The van der Waals surface area contributed by atoms with E-state index < -0.39 is 0 Å². The number of oxime groups is 1. The first kappa shape index (κ1) is 13.4. The van der Waals surface area contributed by atoms with Gasteiger partial charge in [0.2, 0.25) is 0 Å². The van der Waals surface area contributed by atoms with E-state index in [1.54, 1.807) is 24.3 Å². The topological polar surface area (TPSA) is 87.7 Å². The molecule has 1 aromatic carbocycles. The summed E-state index contributed by atoms with van der Waals surface area (Å²) in [5.74, 6) is 0.574. The van der Waals surface area contributed by atoms with Crippen LogP contribution in [0.25, 0.3) is 0 Å². The molecule has 5 heteroatoms. The quantitative estimate of drug-likeness (QED) is 0.335. The van der Waals surface area contributed by atoms with Gasteiger partial charge in [0.1, 0.15) is 0 Å². The van der Waals surface area contributed by atoms with Gasteiger partial charge in [0.25, 0.3) is 5.91 Å². The van der Waals surface area contributed by atoms with Crippen LogP contribution in [-0.4, -0.2) is 23.0 Å². The molecule has 1 aliphatic carbocycles. The van der Waals surface area contributed by atoms with Crippen molar-refractivity contribution in [3.05, 3.63) is 35.4 Å². The van der Waals surface area contributed by atoms with Gasteiger partial charge in [-0.15, -0.1) is 0 Å². The van der Waals surface area contributed by atoms with Gasteiger partial charge < -0.3 is 16.3 Å². The number of nitrogens with one attached hydrogen (secondary N) is 1. The first-order valence-electron chi connectivity index (χ1n) is 6.49. The van der Waals surface area contributed by atoms with Crippen LogP contribution < -0.4 is 11.1 Å². The lowest BCUT2D eigenvalue weighted by Crippen LogP contribution is -2.33. The second-order valence-electron chi connectivity index (χ2n) is 5.15. The highest BCUT2D eigenvalue weighted by atomic mass is 16.4. The largest absolute Gasteiger partial charge is 0.409 e. The molecule has 0 aliphatic heterocycles. The van der Waals surface area contributed by atoms with Crippen LogP contribution in [0.1, 0.15) is 42.1 Å². The van der Waals surface area contributed by atoms with Crippen LogP contribution in [0.15, 0.2) is 29.4 Å². The fraction of sp³-hybridized carbons (Fsp3) is 0.429. The zero-order chi connectivity index (χ0) is 13.8. The molecule has 0 heterocycles. The summed E-state index contributed by atoms with van der Waals surface area (Å²) in [5, 5.41) is 14.6. The second kappa shape index (κ2) is 5.73. The van der Waals surface area contributed by atoms with Gasteiger partial charge in [-0.05, 0) is 37.3 Å². The van der Waals surface area contributed by atoms with Gasteiger partial charge in [-0.3, -0.25) is 4.79 Å². The third-order valence-electron chi connectivity index (χ3n) is 3.56. The van der Waals surface area contributed by atoms with Crippen molar-refractivity contribution in [2.24, 2.45) is 16.8 Å². The molecular weight excluding hydrogens is 242 g/mol. The summed E-state index contributed by atoms with van der Waals surface area (Å²) < 4.78 is 0. The van der Waals surface area contributed by atoms with Gasteiger partial charge in [-0.2, -0.15) is 0 Å². The maximum atomic E-state index is 12.1. The van der Waals surface area contributed by atoms with Crippen LogP contribution >= 0.6 is 0 Å². The standard InChI is InChI=1S/C14H19N3O2/c1-9-5-6-12(7-9)16-14(18)11-4-2-3-10(8-11)13(15)17-19/h2-4,8-9,12,19H,5-7H2,1H3,(H2,15,17)(H,16,18). The van der Waals surface area contributed by atoms with Gasteiger partial charge in [0, 0.05) is 17.2 Å². The van der Waals surface area contributed by atoms with E-state index in [9.17, 15) is 4.79 Å². The smallest absolute Gasteiger partial charge is 0.251 e. The highest BCUT2D eigenvalue weighted by molar-refractivity contribution is 6.01. The Hall–Kier alpha value is -2.04. The van der Waals surface area contributed by atoms with Crippen molar-refractivity contribution in [3.63, 3.8) is 0 Å². The summed E-state index contributed by atoms with van der Waals surface area (Å²) >= 11 is 0. The number of hydrogen-bond acceptors (Lipinski definition) is 3. The summed E-state index contributed by atoms with van der Waals surface area (Å²) in [6, 6.07) is 7.03. The van der Waals surface area contributed by atoms with E-state index in [-0.39, 0.29) is 17.8 Å². The number of rotatable bonds is 3. The first-order chi connectivity index (χ1) is 9.10. The molecule has 2 unspecified atom stereocenters. The van der Waals surface area contributed by atoms with Crippen molar-refractivity contribution >= 4 is 11.7 Å². The van der Waals surface area contributed by atoms with Crippen LogP contribution in [0.4, 0.5) is 0 Å². The van der Waals surface area contributed by atoms with Crippen molar-refractivity contribution in [1.29, 1.82) is 0 Å². The Balaban J connectivity index is 2.07. The van der Waals surface area contributed by atoms with E-state index >= 15 is 0 Å². The number of amides is 1. The number of nitrogens with zero attached hydrogens (tertiary/aromatic N) is 1. The molecule has 1 aliphatic rings. The maximum Gasteiger partial charge on any atom is 0.251 e. The number of carbonyl (C=O) groups is 1. The second-order valence-corrected chi connectivity index (χ2v) is 5.15. The molecule has 0 spiro atoms. The predicted octanol–water partition coefficient (Wildman–Crippen LogP) is 1.70. The van der Waals surface area contributed by atoms with E-state index in [0.29, 0.717) is 17.0 Å². The third kappa shape index (κ3) is 3.24. The molecule has 19 heavy (non-hydrogen) atoms. The highest BCUT2D eigenvalue weighted by Gasteiger charge is 2.23. The first-order valence-corrected chi connectivity index (χ1v) is 6.49. The summed E-state index contributed by atoms with van der Waals surface area (Å²) in [6.07, 6.45) is 3.23. The number of benzene rings is 1. The molecule has 1 amide bonds. The summed E-state index contributed by atoms with van der Waals surface area (Å²) in [6.45, 7) is 2.20. The summed E-state index contributed by atoms with van der Waals surface area (Å²) in [4.78, 5) is 12.1. The van der Waals surface area contributed by atoms with E-state index in [2.05, 4.69) is 17.4 Å². The lowest BCUT2D eigenvalue weighted by atomic mass is 10.1. The van der Waals surface area contributed by atoms with Crippen molar-refractivity contribution in [2.75, 3.05) is 0 Å². The molecule has 2 atom stereocenters. The molecule has 2 rings (SSSR count). The molecule has 102 valence electrons. The highest BCUT2D eigenvalue weighted by Crippen LogP contribution is 2.24. The number of hydrogen-bond donors (Lipinski definition) is 3. The zero-order valence-electron chi connectivity index (χ0n) is 11.0. The van der Waals surface area contributed by atoms with E-state index in [1.165, 1.54) is 0 Å². The lowest BCUT2D eigenvalue weighted by molar-refractivity contribution is 0.0937. The predicted molar refractivity (Wildman–Crippen MR) is 73.2 cm³/mol. The van der Waals surface area contributed by atoms with Crippen molar-refractivity contribution < 1.29 is 10.0 Å². The summed E-state index contributed by atoms with van der Waals surface area (Å²) in [7, 11) is 0. The Morgan fingerprint density at radius 1 is 1.42 bits per heavy atom. The Morgan fingerprint density at radius 2 is 2.16 bits per heavy atom. The van der Waals surface area contributed by atoms with E-state index in [1.807, 2.05) is 0 Å². The molecule has 1 fully saturated rings. The maximum absolute atomic E-state index is 12.1. The Bertz CT molecular complexity index is 499. The molecule has 1 aromatic rings. The fourth-order valence-corrected chi connectivity index (χ4v) is 2.48. The fourth-order valence-electron chi connectivity index (χ4n) is 2.48. The Morgan fingerprint density at radius 3 is 2.79 bits per heavy atom.